The Labute approximate surface area is 149 Å². The van der Waals surface area contributed by atoms with Crippen molar-refractivity contribution in [1.29, 1.82) is 5.26 Å². The first-order valence-corrected chi connectivity index (χ1v) is 8.77. The van der Waals surface area contributed by atoms with Gasteiger partial charge in [-0.15, -0.1) is 11.3 Å². The highest BCUT2D eigenvalue weighted by molar-refractivity contribution is 7.10. The number of nitrogens with two attached hydrogens (primary N) is 1. The number of thiophene rings is 1. The number of aliphatic imine (C=N–C) groups is 1. The summed E-state index contributed by atoms with van der Waals surface area (Å²) >= 11 is 1.66. The lowest BCUT2D eigenvalue weighted by atomic mass is 10.0. The molecule has 0 saturated carbocycles. The molecule has 4 rings (SSSR count). The van der Waals surface area contributed by atoms with E-state index in [4.69, 9.17) is 11.0 Å². The van der Waals surface area contributed by atoms with E-state index in [1.165, 1.54) is 0 Å². The highest BCUT2D eigenvalue weighted by Crippen LogP contribution is 2.35. The molecule has 2 aromatic heterocycles. The van der Waals surface area contributed by atoms with Crippen LogP contribution in [0, 0.1) is 18.3 Å². The molecule has 25 heavy (non-hydrogen) atoms. The molecule has 122 valence electrons. The second kappa shape index (κ2) is 6.11. The maximum atomic E-state index is 9.07. The third-order valence-electron chi connectivity index (χ3n) is 4.22. The predicted octanol–water partition coefficient (Wildman–Crippen LogP) is 3.39. The fourth-order valence-corrected chi connectivity index (χ4v) is 3.92. The van der Waals surface area contributed by atoms with E-state index in [9.17, 15) is 0 Å². The van der Waals surface area contributed by atoms with Gasteiger partial charge in [0.1, 0.15) is 11.7 Å². The van der Waals surface area contributed by atoms with Crippen LogP contribution in [0.3, 0.4) is 0 Å². The molecule has 2 N–H and O–H groups in total. The highest BCUT2D eigenvalue weighted by atomic mass is 32.1. The molecule has 0 aliphatic carbocycles. The van der Waals surface area contributed by atoms with E-state index in [-0.39, 0.29) is 6.04 Å². The summed E-state index contributed by atoms with van der Waals surface area (Å²) in [4.78, 5) is 14.5. The Morgan fingerprint density at radius 1 is 1.28 bits per heavy atom. The fourth-order valence-electron chi connectivity index (χ4n) is 2.96. The number of nitriles is 1. The molecule has 5 nitrogen and oxygen atoms in total. The van der Waals surface area contributed by atoms with Gasteiger partial charge in [-0.05, 0) is 41.6 Å². The zero-order chi connectivity index (χ0) is 17.4. The van der Waals surface area contributed by atoms with E-state index in [2.05, 4.69) is 32.5 Å². The molecule has 1 unspecified atom stereocenters. The maximum Gasteiger partial charge on any atom is 0.129 e. The number of benzene rings is 1. The van der Waals surface area contributed by atoms with E-state index in [1.54, 1.807) is 17.5 Å². The third kappa shape index (κ3) is 2.90. The Bertz CT molecular complexity index is 1030. The molecule has 1 aromatic carbocycles. The standard InChI is InChI=1S/C19H15N5S/c1-11-22-9-15-16(23-11)7-17(24-19(15)21)18-6-14(10-25-18)13-4-2-3-12(5-13)8-20/h2-6,9-10,17H,7H2,1H3,(H2,21,24). The van der Waals surface area contributed by atoms with Gasteiger partial charge in [-0.25, -0.2) is 9.97 Å². The highest BCUT2D eigenvalue weighted by Gasteiger charge is 2.24. The molecule has 0 bridgehead atoms. The summed E-state index contributed by atoms with van der Waals surface area (Å²) < 4.78 is 0. The second-order valence-corrected chi connectivity index (χ2v) is 6.89. The molecule has 0 amide bonds. The van der Waals surface area contributed by atoms with E-state index < -0.39 is 0 Å². The average molecular weight is 345 g/mol. The van der Waals surface area contributed by atoms with Crippen LogP contribution in [0.4, 0.5) is 0 Å². The van der Waals surface area contributed by atoms with Gasteiger partial charge in [-0.3, -0.25) is 4.99 Å². The number of nitrogens with zero attached hydrogens (tertiary/aromatic N) is 4. The number of fused-ring (bicyclic) bond motifs is 1. The van der Waals surface area contributed by atoms with Crippen molar-refractivity contribution in [3.8, 4) is 17.2 Å². The van der Waals surface area contributed by atoms with E-state index in [0.717, 1.165) is 39.5 Å². The normalized spacial score (nSPS) is 16.0. The molecule has 1 atom stereocenters. The van der Waals surface area contributed by atoms with Crippen molar-refractivity contribution in [3.05, 3.63) is 69.4 Å². The van der Waals surface area contributed by atoms with Crippen LogP contribution < -0.4 is 5.73 Å². The van der Waals surface area contributed by atoms with Crippen LogP contribution in [0.1, 0.15) is 33.6 Å². The van der Waals surface area contributed by atoms with E-state index in [1.807, 2.05) is 31.2 Å². The molecular weight excluding hydrogens is 330 g/mol. The first kappa shape index (κ1) is 15.5. The Balaban J connectivity index is 1.67. The minimum Gasteiger partial charge on any atom is -0.383 e. The molecular formula is C19H15N5S. The second-order valence-electron chi connectivity index (χ2n) is 5.94. The lowest BCUT2D eigenvalue weighted by molar-refractivity contribution is 0.698. The van der Waals surface area contributed by atoms with Gasteiger partial charge in [0.25, 0.3) is 0 Å². The van der Waals surface area contributed by atoms with E-state index in [0.29, 0.717) is 11.4 Å². The monoisotopic (exact) mass is 345 g/mol. The van der Waals surface area contributed by atoms with Crippen LogP contribution in [-0.2, 0) is 6.42 Å². The third-order valence-corrected chi connectivity index (χ3v) is 5.25. The number of rotatable bonds is 2. The Morgan fingerprint density at radius 3 is 3.00 bits per heavy atom. The Morgan fingerprint density at radius 2 is 2.16 bits per heavy atom. The van der Waals surface area contributed by atoms with Crippen molar-refractivity contribution in [2.75, 3.05) is 0 Å². The van der Waals surface area contributed by atoms with Crippen molar-refractivity contribution in [2.45, 2.75) is 19.4 Å². The first-order valence-electron chi connectivity index (χ1n) is 7.89. The fraction of sp³-hybridized carbons (Fsp3) is 0.158. The number of hydrogen-bond donors (Lipinski definition) is 1. The van der Waals surface area contributed by atoms with Crippen LogP contribution >= 0.6 is 11.3 Å². The molecule has 3 aromatic rings. The topological polar surface area (TPSA) is 88.0 Å². The predicted molar refractivity (Wildman–Crippen MR) is 98.4 cm³/mol. The van der Waals surface area contributed by atoms with Gasteiger partial charge >= 0.3 is 0 Å². The van der Waals surface area contributed by atoms with Gasteiger partial charge in [0.2, 0.25) is 0 Å². The molecule has 1 aliphatic heterocycles. The summed E-state index contributed by atoms with van der Waals surface area (Å²) in [6.45, 7) is 1.88. The number of amidine groups is 1. The number of aryl methyl sites for hydroxylation is 1. The summed E-state index contributed by atoms with van der Waals surface area (Å²) in [6, 6.07) is 11.9. The van der Waals surface area contributed by atoms with Crippen LogP contribution in [0.5, 0.6) is 0 Å². The molecule has 0 fully saturated rings. The molecule has 0 radical (unpaired) electrons. The van der Waals surface area contributed by atoms with Crippen molar-refractivity contribution >= 4 is 17.2 Å². The van der Waals surface area contributed by atoms with Gasteiger partial charge < -0.3 is 5.73 Å². The van der Waals surface area contributed by atoms with E-state index >= 15 is 0 Å². The number of hydrogen-bond acceptors (Lipinski definition) is 6. The van der Waals surface area contributed by atoms with Gasteiger partial charge in [0.15, 0.2) is 0 Å². The average Bonchev–Trinajstić information content (AvgIpc) is 3.11. The SMILES string of the molecule is Cc1ncc2c(n1)CC(c1cc(-c3cccc(C#N)c3)cs1)N=C2N. The van der Waals surface area contributed by atoms with Crippen molar-refractivity contribution < 1.29 is 0 Å². The Hall–Kier alpha value is -3.04. The van der Waals surface area contributed by atoms with Crippen molar-refractivity contribution in [3.63, 3.8) is 0 Å². The molecule has 0 saturated heterocycles. The smallest absolute Gasteiger partial charge is 0.129 e. The lowest BCUT2D eigenvalue weighted by Gasteiger charge is -2.19. The minimum absolute atomic E-state index is 0.0281. The van der Waals surface area contributed by atoms with Gasteiger partial charge in [-0.2, -0.15) is 5.26 Å². The summed E-state index contributed by atoms with van der Waals surface area (Å²) in [5.41, 5.74) is 10.7. The molecule has 6 heteroatoms. The van der Waals surface area contributed by atoms with Crippen molar-refractivity contribution in [1.82, 2.24) is 9.97 Å². The van der Waals surface area contributed by atoms with Gasteiger partial charge in [-0.1, -0.05) is 12.1 Å². The summed E-state index contributed by atoms with van der Waals surface area (Å²) in [5, 5.41) is 11.2. The zero-order valence-corrected chi connectivity index (χ0v) is 14.4. The van der Waals surface area contributed by atoms with Gasteiger partial charge in [0.05, 0.1) is 28.9 Å². The molecule has 3 heterocycles. The minimum atomic E-state index is -0.0281. The zero-order valence-electron chi connectivity index (χ0n) is 13.6. The summed E-state index contributed by atoms with van der Waals surface area (Å²) in [7, 11) is 0. The first-order chi connectivity index (χ1) is 12.1. The van der Waals surface area contributed by atoms with Crippen LogP contribution in [0.15, 0.2) is 46.9 Å². The van der Waals surface area contributed by atoms with Crippen LogP contribution in [-0.4, -0.2) is 15.8 Å². The quantitative estimate of drug-likeness (QED) is 0.771. The lowest BCUT2D eigenvalue weighted by Crippen LogP contribution is -2.24. The van der Waals surface area contributed by atoms with Gasteiger partial charge in [0, 0.05) is 17.5 Å². The summed E-state index contributed by atoms with van der Waals surface area (Å²) in [5.74, 6) is 1.24. The Kier molecular flexibility index (Phi) is 3.79. The van der Waals surface area contributed by atoms with Crippen LogP contribution in [0.25, 0.3) is 11.1 Å². The maximum absolute atomic E-state index is 9.07. The molecule has 1 aliphatic rings. The largest absolute Gasteiger partial charge is 0.383 e. The molecule has 0 spiro atoms. The number of aromatic nitrogens is 2. The van der Waals surface area contributed by atoms with Crippen molar-refractivity contribution in [2.24, 2.45) is 10.7 Å². The van der Waals surface area contributed by atoms with Crippen LogP contribution in [0.2, 0.25) is 0 Å². The summed E-state index contributed by atoms with van der Waals surface area (Å²) in [6.07, 6.45) is 2.47.